The Kier molecular flexibility index (Phi) is 4.49. The number of carboxylic acids is 1. The molecule has 20 heavy (non-hydrogen) atoms. The van der Waals surface area contributed by atoms with Crippen LogP contribution in [0.3, 0.4) is 0 Å². The zero-order valence-electron chi connectivity index (χ0n) is 10.8. The highest BCUT2D eigenvalue weighted by molar-refractivity contribution is 6.30. The van der Waals surface area contributed by atoms with E-state index in [0.29, 0.717) is 18.0 Å². The Morgan fingerprint density at radius 2 is 2.10 bits per heavy atom. The zero-order valence-corrected chi connectivity index (χ0v) is 11.6. The molecule has 1 fully saturated rings. The third-order valence-electron chi connectivity index (χ3n) is 3.71. The van der Waals surface area contributed by atoms with E-state index in [9.17, 15) is 14.7 Å². The number of carbonyl (C=O) groups is 2. The molecule has 5 nitrogen and oxygen atoms in total. The number of hydrogen-bond acceptors (Lipinski definition) is 3. The molecule has 1 aromatic carbocycles. The molecule has 1 amide bonds. The molecule has 0 radical (unpaired) electrons. The van der Waals surface area contributed by atoms with E-state index < -0.39 is 17.8 Å². The van der Waals surface area contributed by atoms with Crippen LogP contribution in [-0.4, -0.2) is 28.6 Å². The van der Waals surface area contributed by atoms with Gasteiger partial charge in [-0.1, -0.05) is 18.0 Å². The minimum absolute atomic E-state index is 0.0501. The molecular weight excluding hydrogens is 282 g/mol. The fraction of sp³-hybridized carbons (Fsp3) is 0.429. The van der Waals surface area contributed by atoms with Gasteiger partial charge >= 0.3 is 5.97 Å². The average Bonchev–Trinajstić information content (AvgIpc) is 2.84. The first-order valence-electron chi connectivity index (χ1n) is 6.48. The molecule has 1 aliphatic rings. The summed E-state index contributed by atoms with van der Waals surface area (Å²) >= 11 is 5.70. The Bertz CT molecular complexity index is 532. The fourth-order valence-electron chi connectivity index (χ4n) is 2.62. The summed E-state index contributed by atoms with van der Waals surface area (Å²) in [6.07, 6.45) is 2.32. The van der Waals surface area contributed by atoms with Gasteiger partial charge in [0.1, 0.15) is 5.75 Å². The molecule has 0 bridgehead atoms. The first-order chi connectivity index (χ1) is 9.49. The van der Waals surface area contributed by atoms with Crippen LogP contribution in [0.2, 0.25) is 5.02 Å². The van der Waals surface area contributed by atoms with Crippen LogP contribution >= 0.6 is 11.6 Å². The Hall–Kier alpha value is -1.75. The fourth-order valence-corrected chi connectivity index (χ4v) is 2.79. The van der Waals surface area contributed by atoms with Crippen LogP contribution < -0.4 is 5.32 Å². The number of benzene rings is 1. The van der Waals surface area contributed by atoms with Gasteiger partial charge in [0, 0.05) is 11.6 Å². The minimum atomic E-state index is -0.809. The van der Waals surface area contributed by atoms with Crippen LogP contribution in [0, 0.1) is 11.8 Å². The van der Waals surface area contributed by atoms with Crippen LogP contribution in [0.25, 0.3) is 0 Å². The number of carboxylic acid groups (broad SMARTS) is 1. The molecule has 2 rings (SSSR count). The predicted octanol–water partition coefficient (Wildman–Crippen LogP) is 2.28. The van der Waals surface area contributed by atoms with Gasteiger partial charge in [0.15, 0.2) is 0 Å². The number of aliphatic carboxylic acids is 1. The van der Waals surface area contributed by atoms with Crippen molar-refractivity contribution in [2.75, 3.05) is 6.54 Å². The smallest absolute Gasteiger partial charge is 0.306 e. The van der Waals surface area contributed by atoms with Gasteiger partial charge in [0.05, 0.1) is 11.5 Å². The van der Waals surface area contributed by atoms with Crippen molar-refractivity contribution in [1.29, 1.82) is 0 Å². The van der Waals surface area contributed by atoms with E-state index >= 15 is 0 Å². The van der Waals surface area contributed by atoms with Crippen LogP contribution in [0.4, 0.5) is 0 Å². The van der Waals surface area contributed by atoms with Gasteiger partial charge in [-0.25, -0.2) is 0 Å². The molecule has 2 atom stereocenters. The summed E-state index contributed by atoms with van der Waals surface area (Å²) in [5.41, 5.74) is 0.138. The van der Waals surface area contributed by atoms with E-state index in [1.807, 2.05) is 0 Å². The van der Waals surface area contributed by atoms with E-state index in [0.717, 1.165) is 12.8 Å². The number of hydrogen-bond donors (Lipinski definition) is 3. The summed E-state index contributed by atoms with van der Waals surface area (Å²) in [6.45, 7) is 0.303. The maximum absolute atomic E-state index is 11.9. The van der Waals surface area contributed by atoms with E-state index in [1.54, 1.807) is 0 Å². The number of phenolic OH excluding ortho intramolecular Hbond substituents is 1. The number of rotatable bonds is 4. The summed E-state index contributed by atoms with van der Waals surface area (Å²) in [5.74, 6) is -1.86. The maximum Gasteiger partial charge on any atom is 0.306 e. The zero-order chi connectivity index (χ0) is 14.7. The van der Waals surface area contributed by atoms with E-state index in [1.165, 1.54) is 18.2 Å². The van der Waals surface area contributed by atoms with Gasteiger partial charge in [-0.2, -0.15) is 0 Å². The van der Waals surface area contributed by atoms with Crippen LogP contribution in [-0.2, 0) is 4.79 Å². The first kappa shape index (κ1) is 14.7. The number of halogens is 1. The molecule has 0 aliphatic heterocycles. The molecule has 6 heteroatoms. The Morgan fingerprint density at radius 1 is 1.35 bits per heavy atom. The summed E-state index contributed by atoms with van der Waals surface area (Å²) in [5, 5.41) is 21.8. The predicted molar refractivity (Wildman–Crippen MR) is 73.9 cm³/mol. The van der Waals surface area contributed by atoms with Gasteiger partial charge in [0.25, 0.3) is 5.91 Å². The molecule has 1 aliphatic carbocycles. The number of nitrogens with one attached hydrogen (secondary N) is 1. The SMILES string of the molecule is O=C(NCC1CCCC1C(=O)O)c1ccc(Cl)cc1O. The van der Waals surface area contributed by atoms with Crippen molar-refractivity contribution < 1.29 is 19.8 Å². The number of carbonyl (C=O) groups excluding carboxylic acids is 1. The van der Waals surface area contributed by atoms with E-state index in [4.69, 9.17) is 16.7 Å². The lowest BCUT2D eigenvalue weighted by atomic mass is 9.96. The van der Waals surface area contributed by atoms with Gasteiger partial charge in [-0.15, -0.1) is 0 Å². The van der Waals surface area contributed by atoms with Crippen LogP contribution in [0.5, 0.6) is 5.75 Å². The second-order valence-corrected chi connectivity index (χ2v) is 5.44. The van der Waals surface area contributed by atoms with Crippen molar-refractivity contribution in [2.24, 2.45) is 11.8 Å². The molecule has 0 saturated heterocycles. The molecule has 1 aromatic rings. The maximum atomic E-state index is 11.9. The van der Waals surface area contributed by atoms with Crippen LogP contribution in [0.1, 0.15) is 29.6 Å². The van der Waals surface area contributed by atoms with E-state index in [2.05, 4.69) is 5.32 Å². The van der Waals surface area contributed by atoms with Crippen molar-refractivity contribution in [2.45, 2.75) is 19.3 Å². The molecular formula is C14H16ClNO4. The minimum Gasteiger partial charge on any atom is -0.507 e. The number of aromatic hydroxyl groups is 1. The van der Waals surface area contributed by atoms with Crippen LogP contribution in [0.15, 0.2) is 18.2 Å². The highest BCUT2D eigenvalue weighted by Crippen LogP contribution is 2.31. The van der Waals surface area contributed by atoms with Crippen molar-refractivity contribution in [3.8, 4) is 5.75 Å². The van der Waals surface area contributed by atoms with Gasteiger partial charge in [-0.05, 0) is 37.0 Å². The third-order valence-corrected chi connectivity index (χ3v) is 3.94. The monoisotopic (exact) mass is 297 g/mol. The lowest BCUT2D eigenvalue weighted by molar-refractivity contribution is -0.142. The second kappa shape index (κ2) is 6.13. The highest BCUT2D eigenvalue weighted by atomic mass is 35.5. The van der Waals surface area contributed by atoms with E-state index in [-0.39, 0.29) is 17.2 Å². The lowest BCUT2D eigenvalue weighted by Crippen LogP contribution is -2.33. The van der Waals surface area contributed by atoms with Gasteiger partial charge < -0.3 is 15.5 Å². The summed E-state index contributed by atoms with van der Waals surface area (Å²) in [4.78, 5) is 23.0. The second-order valence-electron chi connectivity index (χ2n) is 5.01. The Morgan fingerprint density at radius 3 is 2.75 bits per heavy atom. The number of amides is 1. The molecule has 108 valence electrons. The van der Waals surface area contributed by atoms with Gasteiger partial charge in [-0.3, -0.25) is 9.59 Å². The third kappa shape index (κ3) is 3.22. The molecule has 2 unspecified atom stereocenters. The summed E-state index contributed by atoms with van der Waals surface area (Å²) in [7, 11) is 0. The molecule has 0 heterocycles. The van der Waals surface area contributed by atoms with Crippen molar-refractivity contribution in [3.05, 3.63) is 28.8 Å². The average molecular weight is 298 g/mol. The molecule has 1 saturated carbocycles. The number of phenols is 1. The van der Waals surface area contributed by atoms with Gasteiger partial charge in [0.2, 0.25) is 0 Å². The summed E-state index contributed by atoms with van der Waals surface area (Å²) in [6, 6.07) is 4.26. The molecule has 0 spiro atoms. The van der Waals surface area contributed by atoms with Crippen molar-refractivity contribution in [1.82, 2.24) is 5.32 Å². The molecule has 0 aromatic heterocycles. The normalized spacial score (nSPS) is 21.6. The summed E-state index contributed by atoms with van der Waals surface area (Å²) < 4.78 is 0. The largest absolute Gasteiger partial charge is 0.507 e. The molecule has 3 N–H and O–H groups in total. The topological polar surface area (TPSA) is 86.6 Å². The highest BCUT2D eigenvalue weighted by Gasteiger charge is 2.33. The van der Waals surface area contributed by atoms with Crippen molar-refractivity contribution in [3.63, 3.8) is 0 Å². The first-order valence-corrected chi connectivity index (χ1v) is 6.86. The Labute approximate surface area is 121 Å². The quantitative estimate of drug-likeness (QED) is 0.795. The standard InChI is InChI=1S/C14H16ClNO4/c15-9-4-5-11(12(17)6-9)13(18)16-7-8-2-1-3-10(8)14(19)20/h4-6,8,10,17H,1-3,7H2,(H,16,18)(H,19,20). The van der Waals surface area contributed by atoms with Crippen molar-refractivity contribution >= 4 is 23.5 Å². The Balaban J connectivity index is 1.97. The lowest BCUT2D eigenvalue weighted by Gasteiger charge is -2.16.